The first-order valence-corrected chi connectivity index (χ1v) is 6.98. The predicted octanol–water partition coefficient (Wildman–Crippen LogP) is 1.11. The van der Waals surface area contributed by atoms with Crippen LogP contribution in [0.5, 0.6) is 0 Å². The molecule has 14 heavy (non-hydrogen) atoms. The van der Waals surface area contributed by atoms with Gasteiger partial charge in [0, 0.05) is 18.5 Å². The SMILES string of the molecule is COCC(Br)CCNS(=O)(=O)C(C)C. The van der Waals surface area contributed by atoms with Crippen molar-refractivity contribution in [3.8, 4) is 0 Å². The number of rotatable bonds is 7. The first kappa shape index (κ1) is 14.3. The summed E-state index contributed by atoms with van der Waals surface area (Å²) in [6.07, 6.45) is 0.722. The minimum Gasteiger partial charge on any atom is -0.384 e. The highest BCUT2D eigenvalue weighted by Crippen LogP contribution is 2.05. The van der Waals surface area contributed by atoms with Gasteiger partial charge in [0.05, 0.1) is 11.9 Å². The third-order valence-corrected chi connectivity index (χ3v) is 4.30. The molecule has 0 aromatic carbocycles. The van der Waals surface area contributed by atoms with Crippen LogP contribution in [0.2, 0.25) is 0 Å². The number of halogens is 1. The number of nitrogens with one attached hydrogen (secondary N) is 1. The summed E-state index contributed by atoms with van der Waals surface area (Å²) in [6, 6.07) is 0. The first-order valence-electron chi connectivity index (χ1n) is 4.51. The van der Waals surface area contributed by atoms with E-state index in [-0.39, 0.29) is 10.1 Å². The molecule has 0 saturated heterocycles. The van der Waals surface area contributed by atoms with Crippen LogP contribution < -0.4 is 4.72 Å². The number of methoxy groups -OCH3 is 1. The smallest absolute Gasteiger partial charge is 0.213 e. The number of alkyl halides is 1. The van der Waals surface area contributed by atoms with Crippen molar-refractivity contribution in [1.29, 1.82) is 0 Å². The van der Waals surface area contributed by atoms with Crippen molar-refractivity contribution >= 4 is 26.0 Å². The standard InChI is InChI=1S/C8H18BrNO3S/c1-7(2)14(11,12)10-5-4-8(9)6-13-3/h7-8,10H,4-6H2,1-3H3. The maximum Gasteiger partial charge on any atom is 0.213 e. The van der Waals surface area contributed by atoms with Crippen LogP contribution >= 0.6 is 15.9 Å². The zero-order chi connectivity index (χ0) is 11.2. The van der Waals surface area contributed by atoms with Crippen molar-refractivity contribution < 1.29 is 13.2 Å². The van der Waals surface area contributed by atoms with Gasteiger partial charge in [-0.2, -0.15) is 0 Å². The summed E-state index contributed by atoms with van der Waals surface area (Å²) in [5.41, 5.74) is 0. The highest BCUT2D eigenvalue weighted by Gasteiger charge is 2.15. The second kappa shape index (κ2) is 6.76. The van der Waals surface area contributed by atoms with Gasteiger partial charge in [-0.05, 0) is 20.3 Å². The zero-order valence-corrected chi connectivity index (χ0v) is 11.2. The Hall–Kier alpha value is 0.350. The highest BCUT2D eigenvalue weighted by molar-refractivity contribution is 9.09. The van der Waals surface area contributed by atoms with Crippen molar-refractivity contribution in [2.45, 2.75) is 30.3 Å². The van der Waals surface area contributed by atoms with E-state index in [0.717, 1.165) is 6.42 Å². The lowest BCUT2D eigenvalue weighted by atomic mass is 10.3. The predicted molar refractivity (Wildman–Crippen MR) is 61.3 cm³/mol. The molecule has 0 amide bonds. The summed E-state index contributed by atoms with van der Waals surface area (Å²) in [4.78, 5) is 0.197. The molecule has 0 aromatic rings. The number of hydrogen-bond acceptors (Lipinski definition) is 3. The number of sulfonamides is 1. The van der Waals surface area contributed by atoms with Crippen LogP contribution in [0, 0.1) is 0 Å². The van der Waals surface area contributed by atoms with E-state index in [0.29, 0.717) is 13.2 Å². The van der Waals surface area contributed by atoms with Crippen LogP contribution in [-0.4, -0.2) is 38.8 Å². The van der Waals surface area contributed by atoms with E-state index in [4.69, 9.17) is 4.74 Å². The molecule has 1 unspecified atom stereocenters. The average molecular weight is 288 g/mol. The molecule has 0 radical (unpaired) electrons. The molecule has 0 aliphatic heterocycles. The quantitative estimate of drug-likeness (QED) is 0.714. The van der Waals surface area contributed by atoms with Gasteiger partial charge >= 0.3 is 0 Å². The van der Waals surface area contributed by atoms with Crippen LogP contribution in [0.1, 0.15) is 20.3 Å². The van der Waals surface area contributed by atoms with Gasteiger partial charge in [0.2, 0.25) is 10.0 Å². The summed E-state index contributed by atoms with van der Waals surface area (Å²) < 4.78 is 30.1. The van der Waals surface area contributed by atoms with Gasteiger partial charge in [-0.25, -0.2) is 13.1 Å². The molecule has 0 heterocycles. The molecule has 1 N–H and O–H groups in total. The Morgan fingerprint density at radius 1 is 1.43 bits per heavy atom. The van der Waals surface area contributed by atoms with Gasteiger partial charge < -0.3 is 4.74 Å². The van der Waals surface area contributed by atoms with Gasteiger partial charge in [0.15, 0.2) is 0 Å². The Kier molecular flexibility index (Phi) is 6.93. The normalized spacial score (nSPS) is 14.6. The third kappa shape index (κ3) is 5.95. The highest BCUT2D eigenvalue weighted by atomic mass is 79.9. The van der Waals surface area contributed by atoms with Crippen LogP contribution in [-0.2, 0) is 14.8 Å². The van der Waals surface area contributed by atoms with Gasteiger partial charge in [-0.1, -0.05) is 15.9 Å². The Bertz CT molecular complexity index is 241. The second-order valence-electron chi connectivity index (χ2n) is 3.33. The fraction of sp³-hybridized carbons (Fsp3) is 1.00. The largest absolute Gasteiger partial charge is 0.384 e. The molecule has 4 nitrogen and oxygen atoms in total. The van der Waals surface area contributed by atoms with E-state index in [1.165, 1.54) is 0 Å². The lowest BCUT2D eigenvalue weighted by Crippen LogP contribution is -2.32. The van der Waals surface area contributed by atoms with Crippen molar-refractivity contribution in [1.82, 2.24) is 4.72 Å². The molecule has 0 aromatic heterocycles. The minimum atomic E-state index is -3.12. The molecule has 6 heteroatoms. The Morgan fingerprint density at radius 2 is 2.00 bits per heavy atom. The van der Waals surface area contributed by atoms with E-state index in [9.17, 15) is 8.42 Å². The van der Waals surface area contributed by atoms with Gasteiger partial charge in [-0.3, -0.25) is 0 Å². The molecule has 0 spiro atoms. The van der Waals surface area contributed by atoms with Gasteiger partial charge in [0.1, 0.15) is 0 Å². The molecule has 86 valence electrons. The third-order valence-electron chi connectivity index (χ3n) is 1.73. The summed E-state index contributed by atoms with van der Waals surface area (Å²) >= 11 is 3.38. The van der Waals surface area contributed by atoms with Crippen molar-refractivity contribution in [3.63, 3.8) is 0 Å². The maximum absolute atomic E-state index is 11.3. The molecular weight excluding hydrogens is 270 g/mol. The molecule has 0 aliphatic rings. The molecule has 1 atom stereocenters. The number of ether oxygens (including phenoxy) is 1. The van der Waals surface area contributed by atoms with E-state index in [2.05, 4.69) is 20.7 Å². The zero-order valence-electron chi connectivity index (χ0n) is 8.79. The van der Waals surface area contributed by atoms with Crippen LogP contribution in [0.4, 0.5) is 0 Å². The molecule has 0 bridgehead atoms. The summed E-state index contributed by atoms with van der Waals surface area (Å²) in [6.45, 7) is 4.34. The fourth-order valence-corrected chi connectivity index (χ4v) is 2.02. The first-order chi connectivity index (χ1) is 6.40. The van der Waals surface area contributed by atoms with Gasteiger partial charge in [0.25, 0.3) is 0 Å². The average Bonchev–Trinajstić information content (AvgIpc) is 2.04. The second-order valence-corrected chi connectivity index (χ2v) is 6.95. The van der Waals surface area contributed by atoms with E-state index in [1.807, 2.05) is 0 Å². The molecule has 0 fully saturated rings. The number of hydrogen-bond donors (Lipinski definition) is 1. The topological polar surface area (TPSA) is 55.4 Å². The summed E-state index contributed by atoms with van der Waals surface area (Å²) in [5, 5.41) is -0.376. The lowest BCUT2D eigenvalue weighted by molar-refractivity contribution is 0.199. The van der Waals surface area contributed by atoms with Crippen LogP contribution in [0.15, 0.2) is 0 Å². The lowest BCUT2D eigenvalue weighted by Gasteiger charge is -2.11. The van der Waals surface area contributed by atoms with Gasteiger partial charge in [-0.15, -0.1) is 0 Å². The monoisotopic (exact) mass is 287 g/mol. The Morgan fingerprint density at radius 3 is 2.43 bits per heavy atom. The molecule has 0 rings (SSSR count). The Labute approximate surface area is 94.6 Å². The van der Waals surface area contributed by atoms with Crippen molar-refractivity contribution in [3.05, 3.63) is 0 Å². The summed E-state index contributed by atoms with van der Waals surface area (Å²) in [5.74, 6) is 0. The summed E-state index contributed by atoms with van der Waals surface area (Å²) in [7, 11) is -1.50. The minimum absolute atomic E-state index is 0.197. The molecule has 0 aliphatic carbocycles. The fourth-order valence-electron chi connectivity index (χ4n) is 0.789. The van der Waals surface area contributed by atoms with E-state index < -0.39 is 10.0 Å². The van der Waals surface area contributed by atoms with Crippen LogP contribution in [0.3, 0.4) is 0 Å². The molecular formula is C8H18BrNO3S. The van der Waals surface area contributed by atoms with Crippen molar-refractivity contribution in [2.75, 3.05) is 20.3 Å². The van der Waals surface area contributed by atoms with Crippen LogP contribution in [0.25, 0.3) is 0 Å². The van der Waals surface area contributed by atoms with E-state index >= 15 is 0 Å². The van der Waals surface area contributed by atoms with E-state index in [1.54, 1.807) is 21.0 Å². The maximum atomic E-state index is 11.3. The molecule has 0 saturated carbocycles. The Balaban J connectivity index is 3.74. The van der Waals surface area contributed by atoms with Crippen molar-refractivity contribution in [2.24, 2.45) is 0 Å².